The number of rotatable bonds is 5. The first-order valence-corrected chi connectivity index (χ1v) is 9.13. The van der Waals surface area contributed by atoms with Gasteiger partial charge in [0.05, 0.1) is 11.0 Å². The van der Waals surface area contributed by atoms with E-state index in [-0.39, 0.29) is 34.3 Å². The van der Waals surface area contributed by atoms with Crippen LogP contribution in [0.5, 0.6) is 0 Å². The monoisotopic (exact) mass is 354 g/mol. The second kappa shape index (κ2) is 7.57. The van der Waals surface area contributed by atoms with E-state index in [9.17, 15) is 9.59 Å². The molecule has 1 aliphatic rings. The molecule has 0 bridgehead atoms. The molecule has 0 spiro atoms. The second-order valence-electron chi connectivity index (χ2n) is 6.96. The summed E-state index contributed by atoms with van der Waals surface area (Å²) in [6.45, 7) is 9.04. The molecule has 134 valence electrons. The van der Waals surface area contributed by atoms with Crippen molar-refractivity contribution in [3.05, 3.63) is 11.8 Å². The Bertz CT molecular complexity index is 602. The highest BCUT2D eigenvalue weighted by molar-refractivity contribution is 8.01. The highest BCUT2D eigenvalue weighted by Gasteiger charge is 2.35. The van der Waals surface area contributed by atoms with Gasteiger partial charge in [-0.1, -0.05) is 19.0 Å². The summed E-state index contributed by atoms with van der Waals surface area (Å²) in [6.07, 6.45) is 0.810. The number of anilines is 1. The number of thioether (sulfide) groups is 1. The summed E-state index contributed by atoms with van der Waals surface area (Å²) in [5.41, 5.74) is 6.03. The van der Waals surface area contributed by atoms with Gasteiger partial charge in [-0.3, -0.25) is 9.59 Å². The van der Waals surface area contributed by atoms with Crippen molar-refractivity contribution in [3.8, 4) is 0 Å². The van der Waals surface area contributed by atoms with E-state index in [1.807, 2.05) is 4.90 Å². The van der Waals surface area contributed by atoms with Crippen molar-refractivity contribution in [3.63, 3.8) is 0 Å². The van der Waals surface area contributed by atoms with Crippen molar-refractivity contribution in [1.29, 1.82) is 0 Å². The van der Waals surface area contributed by atoms with E-state index in [1.54, 1.807) is 19.9 Å². The van der Waals surface area contributed by atoms with Gasteiger partial charge in [0.15, 0.2) is 5.82 Å². The lowest BCUT2D eigenvalue weighted by Crippen LogP contribution is -2.54. The first-order valence-electron chi connectivity index (χ1n) is 8.08. The van der Waals surface area contributed by atoms with E-state index in [4.69, 9.17) is 10.3 Å². The zero-order valence-electron chi connectivity index (χ0n) is 14.7. The molecule has 24 heavy (non-hydrogen) atoms. The van der Waals surface area contributed by atoms with Crippen LogP contribution in [0, 0.1) is 12.3 Å². The number of hydrogen-bond acceptors (Lipinski definition) is 6. The summed E-state index contributed by atoms with van der Waals surface area (Å²) in [6, 6.07) is 1.77. The molecule has 0 aromatic carbocycles. The van der Waals surface area contributed by atoms with Gasteiger partial charge in [0.1, 0.15) is 5.76 Å². The van der Waals surface area contributed by atoms with Crippen LogP contribution in [-0.4, -0.2) is 52.0 Å². The SMILES string of the molecule is Cc1cc(NC(=O)C(C)SCC(=O)N2CCC(N)C(C)(C)C2)no1. The number of amides is 2. The second-order valence-corrected chi connectivity index (χ2v) is 8.29. The molecule has 2 amide bonds. The van der Waals surface area contributed by atoms with Crippen LogP contribution in [0.15, 0.2) is 10.6 Å². The maximum Gasteiger partial charge on any atom is 0.238 e. The molecule has 7 nitrogen and oxygen atoms in total. The Morgan fingerprint density at radius 3 is 2.88 bits per heavy atom. The van der Waals surface area contributed by atoms with Gasteiger partial charge in [0.2, 0.25) is 11.8 Å². The summed E-state index contributed by atoms with van der Waals surface area (Å²) in [7, 11) is 0. The van der Waals surface area contributed by atoms with Crippen molar-refractivity contribution >= 4 is 29.4 Å². The molecule has 1 fully saturated rings. The minimum atomic E-state index is -0.356. The van der Waals surface area contributed by atoms with Gasteiger partial charge in [0, 0.05) is 25.2 Å². The molecule has 2 atom stereocenters. The predicted molar refractivity (Wildman–Crippen MR) is 94.7 cm³/mol. The summed E-state index contributed by atoms with van der Waals surface area (Å²) in [5, 5.41) is 6.05. The average Bonchev–Trinajstić information content (AvgIpc) is 2.92. The quantitative estimate of drug-likeness (QED) is 0.833. The lowest BCUT2D eigenvalue weighted by Gasteiger charge is -2.42. The molecule has 2 rings (SSSR count). The number of piperidine rings is 1. The summed E-state index contributed by atoms with van der Waals surface area (Å²) < 4.78 is 4.91. The molecule has 1 saturated heterocycles. The highest BCUT2D eigenvalue weighted by atomic mass is 32.2. The van der Waals surface area contributed by atoms with Crippen LogP contribution in [0.3, 0.4) is 0 Å². The number of hydrogen-bond donors (Lipinski definition) is 2. The first kappa shape index (κ1) is 18.8. The third-order valence-electron chi connectivity index (χ3n) is 4.37. The van der Waals surface area contributed by atoms with E-state index in [2.05, 4.69) is 24.3 Å². The molecule has 2 heterocycles. The van der Waals surface area contributed by atoms with Gasteiger partial charge in [-0.25, -0.2) is 0 Å². The van der Waals surface area contributed by atoms with Crippen LogP contribution in [0.25, 0.3) is 0 Å². The molecule has 3 N–H and O–H groups in total. The highest BCUT2D eigenvalue weighted by Crippen LogP contribution is 2.28. The normalized spacial score (nSPS) is 21.4. The Kier molecular flexibility index (Phi) is 5.92. The number of carbonyl (C=O) groups is 2. The van der Waals surface area contributed by atoms with Crippen molar-refractivity contribution in [1.82, 2.24) is 10.1 Å². The third-order valence-corrected chi connectivity index (χ3v) is 5.50. The molecular weight excluding hydrogens is 328 g/mol. The molecule has 8 heteroatoms. The zero-order chi connectivity index (χ0) is 17.9. The maximum absolute atomic E-state index is 12.4. The van der Waals surface area contributed by atoms with Crippen LogP contribution in [0.1, 0.15) is 33.0 Å². The predicted octanol–water partition coefficient (Wildman–Crippen LogP) is 1.63. The topological polar surface area (TPSA) is 101 Å². The van der Waals surface area contributed by atoms with Gasteiger partial charge in [-0.15, -0.1) is 11.8 Å². The van der Waals surface area contributed by atoms with Crippen LogP contribution < -0.4 is 11.1 Å². The number of aryl methyl sites for hydroxylation is 1. The number of aromatic nitrogens is 1. The number of nitrogens with two attached hydrogens (primary N) is 1. The molecular formula is C16H26N4O3S. The molecule has 0 saturated carbocycles. The maximum atomic E-state index is 12.4. The fourth-order valence-electron chi connectivity index (χ4n) is 2.60. The van der Waals surface area contributed by atoms with E-state index >= 15 is 0 Å². The third kappa shape index (κ3) is 4.73. The van der Waals surface area contributed by atoms with Crippen LogP contribution >= 0.6 is 11.8 Å². The van der Waals surface area contributed by atoms with E-state index in [1.165, 1.54) is 11.8 Å². The summed E-state index contributed by atoms with van der Waals surface area (Å²) in [4.78, 5) is 26.3. The van der Waals surface area contributed by atoms with Gasteiger partial charge in [-0.05, 0) is 25.7 Å². The average molecular weight is 354 g/mol. The smallest absolute Gasteiger partial charge is 0.238 e. The van der Waals surface area contributed by atoms with Gasteiger partial charge in [-0.2, -0.15) is 0 Å². The van der Waals surface area contributed by atoms with Gasteiger partial charge >= 0.3 is 0 Å². The van der Waals surface area contributed by atoms with Crippen LogP contribution in [0.2, 0.25) is 0 Å². The Morgan fingerprint density at radius 1 is 1.58 bits per heavy atom. The fourth-order valence-corrected chi connectivity index (χ4v) is 3.39. The van der Waals surface area contributed by atoms with Crippen molar-refractivity contribution in [2.75, 3.05) is 24.2 Å². The summed E-state index contributed by atoms with van der Waals surface area (Å²) in [5.74, 6) is 1.16. The molecule has 2 unspecified atom stereocenters. The number of nitrogens with zero attached hydrogens (tertiary/aromatic N) is 2. The minimum Gasteiger partial charge on any atom is -0.360 e. The van der Waals surface area contributed by atoms with Crippen molar-refractivity contribution in [2.45, 2.75) is 45.4 Å². The van der Waals surface area contributed by atoms with Crippen LogP contribution in [0.4, 0.5) is 5.82 Å². The Hall–Kier alpha value is -1.54. The fraction of sp³-hybridized carbons (Fsp3) is 0.688. The Labute approximate surface area is 146 Å². The molecule has 1 aromatic heterocycles. The molecule has 1 aromatic rings. The molecule has 1 aliphatic heterocycles. The van der Waals surface area contributed by atoms with Crippen LogP contribution in [-0.2, 0) is 9.59 Å². The largest absolute Gasteiger partial charge is 0.360 e. The zero-order valence-corrected chi connectivity index (χ0v) is 15.5. The Balaban J connectivity index is 1.79. The van der Waals surface area contributed by atoms with Gasteiger partial charge in [0.25, 0.3) is 0 Å². The van der Waals surface area contributed by atoms with Crippen molar-refractivity contribution in [2.24, 2.45) is 11.1 Å². The number of carbonyl (C=O) groups excluding carboxylic acids is 2. The van der Waals surface area contributed by atoms with E-state index in [0.717, 1.165) is 6.42 Å². The van der Waals surface area contributed by atoms with Gasteiger partial charge < -0.3 is 20.5 Å². The summed E-state index contributed by atoms with van der Waals surface area (Å²) >= 11 is 1.32. The van der Waals surface area contributed by atoms with E-state index in [0.29, 0.717) is 24.7 Å². The first-order chi connectivity index (χ1) is 11.2. The Morgan fingerprint density at radius 2 is 2.29 bits per heavy atom. The number of likely N-dealkylation sites (tertiary alicyclic amines) is 1. The molecule has 0 radical (unpaired) electrons. The molecule has 0 aliphatic carbocycles. The van der Waals surface area contributed by atoms with Crippen molar-refractivity contribution < 1.29 is 14.1 Å². The lowest BCUT2D eigenvalue weighted by molar-refractivity contribution is -0.131. The standard InChI is InChI=1S/C16H26N4O3S/c1-10-7-13(19-23-10)18-15(22)11(2)24-8-14(21)20-6-5-12(17)16(3,4)9-20/h7,11-12H,5-6,8-9,17H2,1-4H3,(H,18,19,22). The lowest BCUT2D eigenvalue weighted by atomic mass is 9.80. The minimum absolute atomic E-state index is 0.0527. The number of nitrogens with one attached hydrogen (secondary N) is 1. The van der Waals surface area contributed by atoms with E-state index < -0.39 is 0 Å².